The monoisotopic (exact) mass is 478 g/mol. The second-order valence-corrected chi connectivity index (χ2v) is 9.12. The van der Waals surface area contributed by atoms with Gasteiger partial charge in [0.25, 0.3) is 11.8 Å². The summed E-state index contributed by atoms with van der Waals surface area (Å²) in [7, 11) is 1.57. The number of aromatic nitrogens is 2. The van der Waals surface area contributed by atoms with Crippen molar-refractivity contribution < 1.29 is 14.3 Å². The number of methoxy groups -OCH3 is 1. The van der Waals surface area contributed by atoms with Crippen molar-refractivity contribution in [3.05, 3.63) is 58.9 Å². The third-order valence-electron chi connectivity index (χ3n) is 6.21. The van der Waals surface area contributed by atoms with Crippen LogP contribution < -0.4 is 25.2 Å². The predicted octanol–water partition coefficient (Wildman–Crippen LogP) is 3.15. The fraction of sp³-hybridized carbons (Fsp3) is 0.333. The first-order valence-electron chi connectivity index (χ1n) is 11.3. The number of piperazine rings is 1. The fourth-order valence-corrected chi connectivity index (χ4v) is 5.12. The van der Waals surface area contributed by atoms with Crippen molar-refractivity contribution in [1.82, 2.24) is 15.3 Å². The number of nitrogens with zero attached hydrogens (tertiary/aromatic N) is 4. The molecule has 5 rings (SSSR count). The Morgan fingerprint density at radius 3 is 3.06 bits per heavy atom. The molecule has 0 aliphatic carbocycles. The van der Waals surface area contributed by atoms with Crippen LogP contribution in [0.3, 0.4) is 0 Å². The molecule has 1 fully saturated rings. The van der Waals surface area contributed by atoms with Crippen LogP contribution in [0.2, 0.25) is 0 Å². The number of hydrogen-bond acceptors (Lipinski definition) is 8. The third kappa shape index (κ3) is 4.22. The zero-order valence-electron chi connectivity index (χ0n) is 19.1. The molecular formula is C24H26N6O3S. The van der Waals surface area contributed by atoms with Crippen LogP contribution in [0.25, 0.3) is 0 Å². The van der Waals surface area contributed by atoms with Gasteiger partial charge in [0.2, 0.25) is 0 Å². The molecule has 2 N–H and O–H groups in total. The number of anilines is 3. The largest absolute Gasteiger partial charge is 0.497 e. The van der Waals surface area contributed by atoms with E-state index in [1.807, 2.05) is 18.2 Å². The van der Waals surface area contributed by atoms with Gasteiger partial charge in [0.15, 0.2) is 5.13 Å². The van der Waals surface area contributed by atoms with Gasteiger partial charge in [0, 0.05) is 42.8 Å². The van der Waals surface area contributed by atoms with E-state index >= 15 is 0 Å². The lowest BCUT2D eigenvalue weighted by Gasteiger charge is -2.35. The fourth-order valence-electron chi connectivity index (χ4n) is 4.32. The number of nitrogens with one attached hydrogen (secondary N) is 2. The van der Waals surface area contributed by atoms with Gasteiger partial charge in [-0.3, -0.25) is 19.5 Å². The Morgan fingerprint density at radius 2 is 2.24 bits per heavy atom. The quantitative estimate of drug-likeness (QED) is 0.561. The maximum atomic E-state index is 13.0. The molecule has 10 heteroatoms. The molecule has 0 saturated carbocycles. The van der Waals surface area contributed by atoms with Crippen LogP contribution in [0.4, 0.5) is 16.5 Å². The molecule has 2 aliphatic heterocycles. The summed E-state index contributed by atoms with van der Waals surface area (Å²) in [5, 5.41) is 8.64. The van der Waals surface area contributed by atoms with Crippen molar-refractivity contribution in [2.75, 3.05) is 41.9 Å². The summed E-state index contributed by atoms with van der Waals surface area (Å²) in [6.45, 7) is 5.19. The van der Waals surface area contributed by atoms with Crippen LogP contribution in [-0.2, 0) is 6.54 Å². The normalized spacial score (nSPS) is 17.6. The Labute approximate surface area is 201 Å². The van der Waals surface area contributed by atoms with Crippen molar-refractivity contribution in [3.63, 3.8) is 0 Å². The molecular weight excluding hydrogens is 452 g/mol. The maximum Gasteiger partial charge on any atom is 0.275 e. The first kappa shape index (κ1) is 22.3. The van der Waals surface area contributed by atoms with Crippen LogP contribution >= 0.6 is 11.3 Å². The zero-order chi connectivity index (χ0) is 23.7. The molecule has 0 unspecified atom stereocenters. The first-order chi connectivity index (χ1) is 16.6. The average molecular weight is 479 g/mol. The van der Waals surface area contributed by atoms with Gasteiger partial charge in [-0.15, -0.1) is 11.3 Å². The summed E-state index contributed by atoms with van der Waals surface area (Å²) in [4.78, 5) is 38.5. The van der Waals surface area contributed by atoms with Gasteiger partial charge in [-0.05, 0) is 30.2 Å². The van der Waals surface area contributed by atoms with Crippen LogP contribution in [0.1, 0.15) is 39.8 Å². The van der Waals surface area contributed by atoms with E-state index in [0.29, 0.717) is 34.7 Å². The van der Waals surface area contributed by atoms with Gasteiger partial charge in [-0.1, -0.05) is 13.0 Å². The molecule has 1 saturated heterocycles. The molecule has 1 aromatic carbocycles. The Balaban J connectivity index is 1.32. The van der Waals surface area contributed by atoms with E-state index in [0.717, 1.165) is 37.3 Å². The highest BCUT2D eigenvalue weighted by Gasteiger charge is 2.31. The van der Waals surface area contributed by atoms with Crippen molar-refractivity contribution >= 4 is 39.7 Å². The number of thiazole rings is 1. The number of amides is 2. The minimum absolute atomic E-state index is 0.144. The Kier molecular flexibility index (Phi) is 6.16. The number of hydrogen-bond donors (Lipinski definition) is 2. The van der Waals surface area contributed by atoms with Crippen molar-refractivity contribution in [3.8, 4) is 5.75 Å². The lowest BCUT2D eigenvalue weighted by molar-refractivity contribution is 0.0991. The highest BCUT2D eigenvalue weighted by molar-refractivity contribution is 7.14. The Morgan fingerprint density at radius 1 is 1.35 bits per heavy atom. The van der Waals surface area contributed by atoms with E-state index in [1.54, 1.807) is 35.8 Å². The molecule has 3 aromatic rings. The van der Waals surface area contributed by atoms with E-state index in [1.165, 1.54) is 11.3 Å². The summed E-state index contributed by atoms with van der Waals surface area (Å²) in [6.07, 6.45) is 4.44. The molecule has 0 radical (unpaired) electrons. The second-order valence-electron chi connectivity index (χ2n) is 8.28. The summed E-state index contributed by atoms with van der Waals surface area (Å²) in [5.41, 5.74) is 3.37. The average Bonchev–Trinajstić information content (AvgIpc) is 3.49. The smallest absolute Gasteiger partial charge is 0.275 e. The molecule has 176 valence electrons. The number of fused-ring (bicyclic) bond motifs is 1. The number of benzene rings is 1. The highest BCUT2D eigenvalue weighted by atomic mass is 32.1. The molecule has 1 atom stereocenters. The molecule has 4 heterocycles. The Hall–Kier alpha value is -3.50. The van der Waals surface area contributed by atoms with Gasteiger partial charge in [-0.25, -0.2) is 4.98 Å². The number of ether oxygens (including phenoxy) is 1. The SMILES string of the molecule is CC[C@H]1CN(c2ccncc2NC(=O)c2csc(N3Cc4ccc(OC)cc4C3=O)n2)CCN1. The predicted molar refractivity (Wildman–Crippen MR) is 132 cm³/mol. The van der Waals surface area contributed by atoms with Crippen LogP contribution in [0.15, 0.2) is 42.0 Å². The molecule has 2 aliphatic rings. The summed E-state index contributed by atoms with van der Waals surface area (Å²) in [5.74, 6) is 0.161. The van der Waals surface area contributed by atoms with E-state index in [2.05, 4.69) is 32.4 Å². The topological polar surface area (TPSA) is 99.7 Å². The number of carbonyl (C=O) groups is 2. The van der Waals surface area contributed by atoms with Gasteiger partial charge < -0.3 is 20.3 Å². The zero-order valence-corrected chi connectivity index (χ0v) is 19.9. The molecule has 34 heavy (non-hydrogen) atoms. The number of rotatable bonds is 6. The molecule has 9 nitrogen and oxygen atoms in total. The van der Waals surface area contributed by atoms with Crippen LogP contribution in [0.5, 0.6) is 5.75 Å². The summed E-state index contributed by atoms with van der Waals surface area (Å²) < 4.78 is 5.24. The van der Waals surface area contributed by atoms with Gasteiger partial charge in [0.05, 0.1) is 31.2 Å². The lowest BCUT2D eigenvalue weighted by atomic mass is 10.1. The van der Waals surface area contributed by atoms with Crippen LogP contribution in [0, 0.1) is 0 Å². The number of pyridine rings is 1. The van der Waals surface area contributed by atoms with Crippen molar-refractivity contribution in [2.24, 2.45) is 0 Å². The minimum atomic E-state index is -0.329. The van der Waals surface area contributed by atoms with E-state index in [-0.39, 0.29) is 17.5 Å². The third-order valence-corrected chi connectivity index (χ3v) is 7.08. The van der Waals surface area contributed by atoms with Crippen LogP contribution in [-0.4, -0.2) is 54.6 Å². The summed E-state index contributed by atoms with van der Waals surface area (Å²) >= 11 is 1.27. The number of carbonyl (C=O) groups excluding carboxylic acids is 2. The molecule has 2 amide bonds. The molecule has 0 bridgehead atoms. The maximum absolute atomic E-state index is 13.0. The van der Waals surface area contributed by atoms with E-state index in [4.69, 9.17) is 4.74 Å². The Bertz CT molecular complexity index is 1230. The highest BCUT2D eigenvalue weighted by Crippen LogP contribution is 2.33. The minimum Gasteiger partial charge on any atom is -0.497 e. The summed E-state index contributed by atoms with van der Waals surface area (Å²) in [6, 6.07) is 7.80. The van der Waals surface area contributed by atoms with E-state index < -0.39 is 0 Å². The molecule has 0 spiro atoms. The van der Waals surface area contributed by atoms with E-state index in [9.17, 15) is 9.59 Å². The van der Waals surface area contributed by atoms with Gasteiger partial charge in [-0.2, -0.15) is 0 Å². The standard InChI is InChI=1S/C24H26N6O3S/c1-3-16-13-29(9-8-26-16)21-6-7-25-11-19(21)27-22(31)20-14-34-24(28-20)30-12-15-4-5-17(33-2)10-18(15)23(30)32/h4-7,10-11,14,16,26H,3,8-9,12-13H2,1-2H3,(H,27,31)/t16-/m0/s1. The first-order valence-corrected chi connectivity index (χ1v) is 12.1. The second kappa shape index (κ2) is 9.40. The van der Waals surface area contributed by atoms with Crippen molar-refractivity contribution in [2.45, 2.75) is 25.9 Å². The van der Waals surface area contributed by atoms with Crippen molar-refractivity contribution in [1.29, 1.82) is 0 Å². The van der Waals surface area contributed by atoms with Gasteiger partial charge >= 0.3 is 0 Å². The molecule has 2 aromatic heterocycles. The van der Waals surface area contributed by atoms with Gasteiger partial charge in [0.1, 0.15) is 11.4 Å². The lowest BCUT2D eigenvalue weighted by Crippen LogP contribution is -2.50.